The number of aliphatic hydroxyl groups excluding tert-OH is 1. The SMILES string of the molecule is C=Cc1ncc(N(C)C2CCC(O)CC2)cn1. The molecule has 1 heterocycles. The van der Waals surface area contributed by atoms with E-state index in [-0.39, 0.29) is 6.10 Å². The summed E-state index contributed by atoms with van der Waals surface area (Å²) in [7, 11) is 2.06. The fourth-order valence-electron chi connectivity index (χ4n) is 2.28. The van der Waals surface area contributed by atoms with Crippen molar-refractivity contribution in [2.75, 3.05) is 11.9 Å². The Kier molecular flexibility index (Phi) is 3.74. The summed E-state index contributed by atoms with van der Waals surface area (Å²) in [6, 6.07) is 0.483. The second kappa shape index (κ2) is 5.27. The normalized spacial score (nSPS) is 24.4. The van der Waals surface area contributed by atoms with E-state index in [1.54, 1.807) is 6.08 Å². The van der Waals surface area contributed by atoms with Crippen molar-refractivity contribution < 1.29 is 5.11 Å². The molecule has 0 saturated heterocycles. The van der Waals surface area contributed by atoms with Gasteiger partial charge in [-0.05, 0) is 31.8 Å². The summed E-state index contributed by atoms with van der Waals surface area (Å²) >= 11 is 0. The van der Waals surface area contributed by atoms with Gasteiger partial charge in [-0.3, -0.25) is 0 Å². The van der Waals surface area contributed by atoms with Crippen LogP contribution in [0.4, 0.5) is 5.69 Å². The highest BCUT2D eigenvalue weighted by Crippen LogP contribution is 2.25. The van der Waals surface area contributed by atoms with Crippen molar-refractivity contribution in [3.63, 3.8) is 0 Å². The summed E-state index contributed by atoms with van der Waals surface area (Å²) < 4.78 is 0. The van der Waals surface area contributed by atoms with Crippen molar-refractivity contribution in [1.29, 1.82) is 0 Å². The quantitative estimate of drug-likeness (QED) is 0.865. The van der Waals surface area contributed by atoms with Gasteiger partial charge in [0.25, 0.3) is 0 Å². The maximum Gasteiger partial charge on any atom is 0.151 e. The van der Waals surface area contributed by atoms with Crippen LogP contribution >= 0.6 is 0 Å². The van der Waals surface area contributed by atoms with Crippen LogP contribution < -0.4 is 4.90 Å². The molecule has 1 saturated carbocycles. The van der Waals surface area contributed by atoms with Crippen LogP contribution in [-0.2, 0) is 0 Å². The number of aromatic nitrogens is 2. The monoisotopic (exact) mass is 233 g/mol. The van der Waals surface area contributed by atoms with Crippen molar-refractivity contribution >= 4 is 11.8 Å². The summed E-state index contributed by atoms with van der Waals surface area (Å²) in [6.07, 6.45) is 9.02. The largest absolute Gasteiger partial charge is 0.393 e. The second-order valence-corrected chi connectivity index (χ2v) is 4.58. The third kappa shape index (κ3) is 2.82. The second-order valence-electron chi connectivity index (χ2n) is 4.58. The standard InChI is InChI=1S/C13H19N3O/c1-3-13-14-8-11(9-15-13)16(2)10-4-6-12(17)7-5-10/h3,8-10,12,17H,1,4-7H2,2H3. The van der Waals surface area contributed by atoms with Gasteiger partial charge in [0.15, 0.2) is 5.82 Å². The van der Waals surface area contributed by atoms with Gasteiger partial charge in [0.05, 0.1) is 24.2 Å². The van der Waals surface area contributed by atoms with Gasteiger partial charge in [-0.25, -0.2) is 9.97 Å². The minimum atomic E-state index is -0.112. The highest BCUT2D eigenvalue weighted by atomic mass is 16.3. The van der Waals surface area contributed by atoms with E-state index in [1.807, 2.05) is 12.4 Å². The van der Waals surface area contributed by atoms with Crippen LogP contribution in [0, 0.1) is 0 Å². The lowest BCUT2D eigenvalue weighted by Gasteiger charge is -2.34. The number of hydrogen-bond donors (Lipinski definition) is 1. The maximum atomic E-state index is 9.49. The molecule has 0 bridgehead atoms. The summed E-state index contributed by atoms with van der Waals surface area (Å²) in [4.78, 5) is 10.6. The fraction of sp³-hybridized carbons (Fsp3) is 0.538. The van der Waals surface area contributed by atoms with Crippen LogP contribution in [0.25, 0.3) is 6.08 Å². The van der Waals surface area contributed by atoms with Crippen molar-refractivity contribution in [2.45, 2.75) is 37.8 Å². The van der Waals surface area contributed by atoms with E-state index in [1.165, 1.54) is 0 Å². The zero-order chi connectivity index (χ0) is 12.3. The summed E-state index contributed by atoms with van der Waals surface area (Å²) in [5.74, 6) is 0.654. The van der Waals surface area contributed by atoms with Crippen LogP contribution in [-0.4, -0.2) is 34.3 Å². The van der Waals surface area contributed by atoms with E-state index >= 15 is 0 Å². The van der Waals surface area contributed by atoms with E-state index in [0.717, 1.165) is 31.4 Å². The van der Waals surface area contributed by atoms with E-state index in [2.05, 4.69) is 28.5 Å². The van der Waals surface area contributed by atoms with Gasteiger partial charge in [-0.1, -0.05) is 6.58 Å². The molecule has 0 spiro atoms. The third-order valence-electron chi connectivity index (χ3n) is 3.46. The summed E-state index contributed by atoms with van der Waals surface area (Å²) in [5.41, 5.74) is 1.02. The van der Waals surface area contributed by atoms with Crippen LogP contribution in [0.1, 0.15) is 31.5 Å². The molecule has 1 aliphatic carbocycles. The van der Waals surface area contributed by atoms with Gasteiger partial charge < -0.3 is 10.0 Å². The van der Waals surface area contributed by atoms with Crippen LogP contribution in [0.15, 0.2) is 19.0 Å². The third-order valence-corrected chi connectivity index (χ3v) is 3.46. The molecule has 4 nitrogen and oxygen atoms in total. The molecule has 0 aromatic carbocycles. The first kappa shape index (κ1) is 12.0. The van der Waals surface area contributed by atoms with Crippen LogP contribution in [0.3, 0.4) is 0 Å². The Morgan fingerprint density at radius 3 is 2.41 bits per heavy atom. The molecule has 0 aliphatic heterocycles. The Balaban J connectivity index is 2.03. The lowest BCUT2D eigenvalue weighted by molar-refractivity contribution is 0.122. The highest BCUT2D eigenvalue weighted by molar-refractivity contribution is 5.45. The molecule has 1 N–H and O–H groups in total. The predicted molar refractivity (Wildman–Crippen MR) is 68.8 cm³/mol. The van der Waals surface area contributed by atoms with Gasteiger partial charge >= 0.3 is 0 Å². The average molecular weight is 233 g/mol. The molecule has 1 fully saturated rings. The van der Waals surface area contributed by atoms with Gasteiger partial charge in [-0.2, -0.15) is 0 Å². The number of aliphatic hydroxyl groups is 1. The fourth-order valence-corrected chi connectivity index (χ4v) is 2.28. The summed E-state index contributed by atoms with van der Waals surface area (Å²) in [6.45, 7) is 3.64. The van der Waals surface area contributed by atoms with Crippen molar-refractivity contribution in [3.05, 3.63) is 24.8 Å². The lowest BCUT2D eigenvalue weighted by Crippen LogP contribution is -2.36. The van der Waals surface area contributed by atoms with E-state index in [0.29, 0.717) is 11.9 Å². The van der Waals surface area contributed by atoms with E-state index in [4.69, 9.17) is 0 Å². The molecule has 17 heavy (non-hydrogen) atoms. The van der Waals surface area contributed by atoms with Gasteiger partial charge in [0, 0.05) is 13.1 Å². The Labute approximate surface area is 102 Å². The molecular weight excluding hydrogens is 214 g/mol. The summed E-state index contributed by atoms with van der Waals surface area (Å²) in [5, 5.41) is 9.49. The van der Waals surface area contributed by atoms with Crippen molar-refractivity contribution in [3.8, 4) is 0 Å². The van der Waals surface area contributed by atoms with Crippen LogP contribution in [0.2, 0.25) is 0 Å². The minimum absolute atomic E-state index is 0.112. The first-order valence-electron chi connectivity index (χ1n) is 6.06. The molecule has 2 rings (SSSR count). The molecule has 0 atom stereocenters. The zero-order valence-electron chi connectivity index (χ0n) is 10.2. The molecule has 4 heteroatoms. The number of anilines is 1. The molecule has 0 radical (unpaired) electrons. The Morgan fingerprint density at radius 1 is 1.29 bits per heavy atom. The molecule has 1 aromatic heterocycles. The molecule has 92 valence electrons. The Bertz CT molecular complexity index is 369. The smallest absolute Gasteiger partial charge is 0.151 e. The maximum absolute atomic E-state index is 9.49. The van der Waals surface area contributed by atoms with Crippen molar-refractivity contribution in [1.82, 2.24) is 9.97 Å². The predicted octanol–water partition coefficient (Wildman–Crippen LogP) is 1.86. The number of nitrogens with zero attached hydrogens (tertiary/aromatic N) is 3. The lowest BCUT2D eigenvalue weighted by atomic mass is 9.92. The molecule has 0 amide bonds. The minimum Gasteiger partial charge on any atom is -0.393 e. The molecular formula is C13H19N3O. The van der Waals surface area contributed by atoms with Gasteiger partial charge in [0.2, 0.25) is 0 Å². The van der Waals surface area contributed by atoms with E-state index in [9.17, 15) is 5.11 Å². The molecule has 0 unspecified atom stereocenters. The first-order valence-corrected chi connectivity index (χ1v) is 6.06. The number of rotatable bonds is 3. The van der Waals surface area contributed by atoms with E-state index < -0.39 is 0 Å². The number of hydrogen-bond acceptors (Lipinski definition) is 4. The highest BCUT2D eigenvalue weighted by Gasteiger charge is 2.23. The van der Waals surface area contributed by atoms with Crippen molar-refractivity contribution in [2.24, 2.45) is 0 Å². The average Bonchev–Trinajstić information content (AvgIpc) is 2.39. The first-order chi connectivity index (χ1) is 8.20. The molecule has 1 aliphatic rings. The zero-order valence-corrected chi connectivity index (χ0v) is 10.2. The van der Waals surface area contributed by atoms with Crippen LogP contribution in [0.5, 0.6) is 0 Å². The van der Waals surface area contributed by atoms with Gasteiger partial charge in [-0.15, -0.1) is 0 Å². The molecule has 1 aromatic rings. The topological polar surface area (TPSA) is 49.2 Å². The Morgan fingerprint density at radius 2 is 1.88 bits per heavy atom. The van der Waals surface area contributed by atoms with Gasteiger partial charge in [0.1, 0.15) is 0 Å². The Hall–Kier alpha value is -1.42.